The van der Waals surface area contributed by atoms with Gasteiger partial charge in [-0.1, -0.05) is 95.0 Å². The first kappa shape index (κ1) is 31.5. The second-order valence-electron chi connectivity index (χ2n) is 10.5. The van der Waals surface area contributed by atoms with Crippen molar-refractivity contribution in [2.75, 3.05) is 26.4 Å². The van der Waals surface area contributed by atoms with Gasteiger partial charge in [-0.15, -0.1) is 11.8 Å². The first-order valence-electron chi connectivity index (χ1n) is 14.9. The number of hydrogen-bond donors (Lipinski definition) is 0. The lowest BCUT2D eigenvalue weighted by molar-refractivity contribution is -0.0841. The summed E-state index contributed by atoms with van der Waals surface area (Å²) in [5.74, 6) is 0. The molecule has 0 N–H and O–H groups in total. The van der Waals surface area contributed by atoms with Crippen molar-refractivity contribution in [1.82, 2.24) is 0 Å². The Morgan fingerprint density at radius 3 is 2.16 bits per heavy atom. The second kappa shape index (κ2) is 17.6. The number of unbranched alkanes of at least 4 members (excludes halogenated alkanes) is 3. The predicted octanol–water partition coefficient (Wildman–Crippen LogP) is 9.23. The van der Waals surface area contributed by atoms with Gasteiger partial charge < -0.3 is 14.2 Å². The highest BCUT2D eigenvalue weighted by atomic mass is 35.5. The van der Waals surface area contributed by atoms with Gasteiger partial charge in [0, 0.05) is 30.1 Å². The fraction of sp³-hybridized carbons (Fsp3) is 0.636. The van der Waals surface area contributed by atoms with Crippen molar-refractivity contribution in [3.63, 3.8) is 0 Å². The van der Waals surface area contributed by atoms with Crippen LogP contribution in [0.3, 0.4) is 0 Å². The van der Waals surface area contributed by atoms with E-state index in [2.05, 4.69) is 70.2 Å². The van der Waals surface area contributed by atoms with Gasteiger partial charge in [0.1, 0.15) is 0 Å². The zero-order valence-corrected chi connectivity index (χ0v) is 25.6. The second-order valence-corrected chi connectivity index (χ2v) is 12.3. The molecule has 1 aliphatic heterocycles. The molecule has 0 saturated carbocycles. The minimum Gasteiger partial charge on any atom is -0.380 e. The first-order chi connectivity index (χ1) is 18.6. The van der Waals surface area contributed by atoms with Gasteiger partial charge in [0.15, 0.2) is 0 Å². The summed E-state index contributed by atoms with van der Waals surface area (Å²) in [6.07, 6.45) is 9.63. The summed E-state index contributed by atoms with van der Waals surface area (Å²) >= 11 is 8.74. The maximum atomic E-state index is 6.74. The summed E-state index contributed by atoms with van der Waals surface area (Å²) in [5.41, 5.74) is 5.10. The van der Waals surface area contributed by atoms with Crippen LogP contribution in [0.5, 0.6) is 0 Å². The van der Waals surface area contributed by atoms with Crippen LogP contribution in [0, 0.1) is 0 Å². The zero-order chi connectivity index (χ0) is 27.2. The van der Waals surface area contributed by atoms with Crippen LogP contribution in [-0.2, 0) is 27.1 Å². The number of ether oxygens (including phenoxy) is 3. The Morgan fingerprint density at radius 1 is 0.816 bits per heavy atom. The van der Waals surface area contributed by atoms with Crippen LogP contribution in [0.4, 0.5) is 0 Å². The quantitative estimate of drug-likeness (QED) is 0.180. The average molecular weight is 561 g/mol. The molecule has 2 aromatic rings. The lowest BCUT2D eigenvalue weighted by Crippen LogP contribution is -2.44. The maximum Gasteiger partial charge on any atom is 0.0996 e. The van der Waals surface area contributed by atoms with E-state index in [1.54, 1.807) is 0 Å². The molecule has 2 aromatic carbocycles. The van der Waals surface area contributed by atoms with E-state index in [4.69, 9.17) is 25.8 Å². The van der Waals surface area contributed by atoms with E-state index in [1.807, 2.05) is 11.8 Å². The van der Waals surface area contributed by atoms with Gasteiger partial charge in [-0.2, -0.15) is 0 Å². The highest BCUT2D eigenvalue weighted by Crippen LogP contribution is 2.46. The number of rotatable bonds is 17. The minimum absolute atomic E-state index is 0.0214. The Bertz CT molecular complexity index is 919. The molecule has 5 heteroatoms. The van der Waals surface area contributed by atoms with Crippen LogP contribution < -0.4 is 0 Å². The molecule has 3 rings (SSSR count). The molecule has 0 aliphatic carbocycles. The Morgan fingerprint density at radius 2 is 1.47 bits per heavy atom. The van der Waals surface area contributed by atoms with E-state index in [-0.39, 0.29) is 17.5 Å². The number of hydrogen-bond acceptors (Lipinski definition) is 4. The third-order valence-electron chi connectivity index (χ3n) is 7.31. The molecule has 0 bridgehead atoms. The Hall–Kier alpha value is -1.04. The number of thioether (sulfide) groups is 1. The summed E-state index contributed by atoms with van der Waals surface area (Å²) in [4.78, 5) is 0. The van der Waals surface area contributed by atoms with Gasteiger partial charge in [0.2, 0.25) is 0 Å². The maximum absolute atomic E-state index is 6.74. The summed E-state index contributed by atoms with van der Waals surface area (Å²) in [6, 6.07) is 15.5. The van der Waals surface area contributed by atoms with E-state index < -0.39 is 0 Å². The molecule has 212 valence electrons. The molecule has 0 unspecified atom stereocenters. The van der Waals surface area contributed by atoms with Crippen molar-refractivity contribution in [2.24, 2.45) is 0 Å². The summed E-state index contributed by atoms with van der Waals surface area (Å²) in [6.45, 7) is 12.0. The molecule has 3 nitrogen and oxygen atoms in total. The molecule has 0 radical (unpaired) electrons. The fourth-order valence-electron chi connectivity index (χ4n) is 4.89. The van der Waals surface area contributed by atoms with E-state index in [0.29, 0.717) is 5.25 Å². The van der Waals surface area contributed by atoms with Gasteiger partial charge in [0.05, 0.1) is 24.1 Å². The third kappa shape index (κ3) is 9.86. The molecule has 4 atom stereocenters. The van der Waals surface area contributed by atoms with Gasteiger partial charge in [0.25, 0.3) is 0 Å². The molecule has 1 fully saturated rings. The van der Waals surface area contributed by atoms with E-state index in [9.17, 15) is 0 Å². The van der Waals surface area contributed by atoms with E-state index in [0.717, 1.165) is 89.2 Å². The Balaban J connectivity index is 1.86. The normalized spacial score (nSPS) is 21.6. The molecule has 0 spiro atoms. The molecule has 0 amide bonds. The number of halogens is 1. The van der Waals surface area contributed by atoms with Crippen LogP contribution in [0.1, 0.15) is 100 Å². The van der Waals surface area contributed by atoms with Crippen molar-refractivity contribution in [1.29, 1.82) is 0 Å². The third-order valence-corrected chi connectivity index (χ3v) is 9.22. The van der Waals surface area contributed by atoms with Crippen LogP contribution >= 0.6 is 23.4 Å². The summed E-state index contributed by atoms with van der Waals surface area (Å²) < 4.78 is 19.3. The molecule has 38 heavy (non-hydrogen) atoms. The van der Waals surface area contributed by atoms with E-state index in [1.165, 1.54) is 22.3 Å². The molecular formula is C33H49ClO3S. The predicted molar refractivity (Wildman–Crippen MR) is 164 cm³/mol. The molecule has 1 aliphatic rings. The lowest BCUT2D eigenvalue weighted by atomic mass is 9.95. The lowest BCUT2D eigenvalue weighted by Gasteiger charge is -2.41. The molecule has 1 heterocycles. The SMILES string of the molecule is CCCCOC[C@@H]1C[C@H](OCCCC)[C@@H](OCCCC)[C@H](c2ccc(Cl)c(Cc3ccc(CC)cc3)c2)S1. The van der Waals surface area contributed by atoms with Crippen LogP contribution in [-0.4, -0.2) is 43.9 Å². The van der Waals surface area contributed by atoms with Crippen molar-refractivity contribution in [2.45, 2.75) is 108 Å². The highest BCUT2D eigenvalue weighted by Gasteiger charge is 2.41. The molecular weight excluding hydrogens is 512 g/mol. The smallest absolute Gasteiger partial charge is 0.0996 e. The van der Waals surface area contributed by atoms with Gasteiger partial charge >= 0.3 is 0 Å². The Kier molecular flexibility index (Phi) is 14.6. The van der Waals surface area contributed by atoms with Gasteiger partial charge in [-0.05, 0) is 66.8 Å². The van der Waals surface area contributed by atoms with Crippen molar-refractivity contribution in [3.8, 4) is 0 Å². The van der Waals surface area contributed by atoms with Gasteiger partial charge in [-0.3, -0.25) is 0 Å². The number of benzene rings is 2. The average Bonchev–Trinajstić information content (AvgIpc) is 2.93. The molecule has 0 aromatic heterocycles. The largest absolute Gasteiger partial charge is 0.380 e. The van der Waals surface area contributed by atoms with Crippen molar-refractivity contribution in [3.05, 3.63) is 69.7 Å². The van der Waals surface area contributed by atoms with Crippen LogP contribution in [0.15, 0.2) is 42.5 Å². The number of aryl methyl sites for hydroxylation is 1. The van der Waals surface area contributed by atoms with Crippen LogP contribution in [0.25, 0.3) is 0 Å². The van der Waals surface area contributed by atoms with E-state index >= 15 is 0 Å². The monoisotopic (exact) mass is 560 g/mol. The van der Waals surface area contributed by atoms with Gasteiger partial charge in [-0.25, -0.2) is 0 Å². The molecule has 1 saturated heterocycles. The highest BCUT2D eigenvalue weighted by molar-refractivity contribution is 8.00. The van der Waals surface area contributed by atoms with Crippen molar-refractivity contribution < 1.29 is 14.2 Å². The first-order valence-corrected chi connectivity index (χ1v) is 16.2. The standard InChI is InChI=1S/C33H49ClO3S/c1-5-9-18-35-24-29-23-31(36-19-10-6-2)32(37-20-11-7-3)33(38-29)27-16-17-30(34)28(22-27)21-26-14-12-25(8-4)13-15-26/h12-17,22,29,31-33H,5-11,18-21,23-24H2,1-4H3/t29-,31-,32+,33-/m0/s1. The summed E-state index contributed by atoms with van der Waals surface area (Å²) in [5, 5.41) is 1.40. The van der Waals surface area contributed by atoms with Crippen molar-refractivity contribution >= 4 is 23.4 Å². The minimum atomic E-state index is 0.0214. The van der Waals surface area contributed by atoms with Crippen LogP contribution in [0.2, 0.25) is 5.02 Å². The fourth-order valence-corrected chi connectivity index (χ4v) is 6.67. The Labute approximate surface area is 241 Å². The topological polar surface area (TPSA) is 27.7 Å². The zero-order valence-electron chi connectivity index (χ0n) is 24.1. The summed E-state index contributed by atoms with van der Waals surface area (Å²) in [7, 11) is 0.